The number of rotatable bonds is 6. The number of nitrogens with one attached hydrogen (secondary N) is 1. The molecule has 4 heteroatoms. The van der Waals surface area contributed by atoms with E-state index in [2.05, 4.69) is 24.1 Å². The average Bonchev–Trinajstić information content (AvgIpc) is 2.45. The smallest absolute Gasteiger partial charge is 0.127 e. The van der Waals surface area contributed by atoms with Gasteiger partial charge in [0, 0.05) is 31.2 Å². The molecule has 0 amide bonds. The Labute approximate surface area is 121 Å². The fourth-order valence-corrected chi connectivity index (χ4v) is 2.48. The Hall–Kier alpha value is -0.970. The highest BCUT2D eigenvalue weighted by Gasteiger charge is 2.20. The molecule has 1 N–H and O–H groups in total. The molecule has 1 unspecified atom stereocenters. The summed E-state index contributed by atoms with van der Waals surface area (Å²) in [4.78, 5) is 2.28. The van der Waals surface area contributed by atoms with Crippen molar-refractivity contribution >= 4 is 0 Å². The zero-order valence-electron chi connectivity index (χ0n) is 12.5. The predicted molar refractivity (Wildman–Crippen MR) is 79.1 cm³/mol. The van der Waals surface area contributed by atoms with Crippen molar-refractivity contribution in [2.75, 3.05) is 26.3 Å². The normalized spacial score (nSPS) is 20.2. The second kappa shape index (κ2) is 7.72. The van der Waals surface area contributed by atoms with E-state index in [1.807, 2.05) is 12.1 Å². The van der Waals surface area contributed by atoms with E-state index >= 15 is 0 Å². The lowest BCUT2D eigenvalue weighted by Gasteiger charge is -2.33. The number of halogens is 1. The van der Waals surface area contributed by atoms with Crippen molar-refractivity contribution in [3.63, 3.8) is 0 Å². The summed E-state index contributed by atoms with van der Waals surface area (Å²) >= 11 is 0. The molecule has 1 heterocycles. The highest BCUT2D eigenvalue weighted by Crippen LogP contribution is 2.16. The number of hydrogen-bond donors (Lipinski definition) is 1. The van der Waals surface area contributed by atoms with E-state index in [0.29, 0.717) is 12.6 Å². The molecule has 1 aromatic rings. The van der Waals surface area contributed by atoms with Crippen LogP contribution in [0, 0.1) is 5.82 Å². The van der Waals surface area contributed by atoms with Crippen LogP contribution in [0.15, 0.2) is 18.2 Å². The van der Waals surface area contributed by atoms with Crippen LogP contribution in [-0.2, 0) is 17.8 Å². The van der Waals surface area contributed by atoms with Gasteiger partial charge in [-0.2, -0.15) is 0 Å². The largest absolute Gasteiger partial charge is 0.379 e. The average molecular weight is 280 g/mol. The molecule has 0 aromatic heterocycles. The van der Waals surface area contributed by atoms with Crippen molar-refractivity contribution in [1.29, 1.82) is 0 Å². The molecule has 3 nitrogen and oxygen atoms in total. The molecular weight excluding hydrogens is 255 g/mol. The summed E-state index contributed by atoms with van der Waals surface area (Å²) in [6.07, 6.45) is 1.11. The lowest BCUT2D eigenvalue weighted by Crippen LogP contribution is -2.43. The molecule has 2 rings (SSSR count). The molecule has 0 saturated carbocycles. The van der Waals surface area contributed by atoms with E-state index in [0.717, 1.165) is 50.4 Å². The monoisotopic (exact) mass is 280 g/mol. The zero-order valence-corrected chi connectivity index (χ0v) is 12.5. The van der Waals surface area contributed by atoms with Gasteiger partial charge in [0.25, 0.3) is 0 Å². The van der Waals surface area contributed by atoms with Crippen LogP contribution in [0.2, 0.25) is 0 Å². The zero-order chi connectivity index (χ0) is 14.4. The van der Waals surface area contributed by atoms with Crippen LogP contribution in [-0.4, -0.2) is 37.2 Å². The van der Waals surface area contributed by atoms with Crippen LogP contribution < -0.4 is 5.32 Å². The van der Waals surface area contributed by atoms with Crippen LogP contribution in [0.25, 0.3) is 0 Å². The first-order valence-corrected chi connectivity index (χ1v) is 7.50. The summed E-state index contributed by atoms with van der Waals surface area (Å²) in [7, 11) is 0. The van der Waals surface area contributed by atoms with Crippen molar-refractivity contribution < 1.29 is 9.13 Å². The van der Waals surface area contributed by atoms with Gasteiger partial charge in [-0.05, 0) is 31.5 Å². The summed E-state index contributed by atoms with van der Waals surface area (Å²) in [6, 6.07) is 5.79. The topological polar surface area (TPSA) is 24.5 Å². The highest BCUT2D eigenvalue weighted by atomic mass is 19.1. The lowest BCUT2D eigenvalue weighted by molar-refractivity contribution is -0.00481. The molecule has 112 valence electrons. The van der Waals surface area contributed by atoms with Gasteiger partial charge in [0.1, 0.15) is 5.82 Å². The minimum absolute atomic E-state index is 0.108. The third-order valence-corrected chi connectivity index (χ3v) is 3.74. The Bertz CT molecular complexity index is 425. The number of ether oxygens (including phenoxy) is 1. The van der Waals surface area contributed by atoms with Crippen molar-refractivity contribution in [1.82, 2.24) is 10.2 Å². The number of nitrogens with zero attached hydrogens (tertiary/aromatic N) is 1. The molecule has 1 atom stereocenters. The molecule has 0 bridgehead atoms. The third kappa shape index (κ3) is 4.27. The van der Waals surface area contributed by atoms with E-state index in [1.165, 1.54) is 0 Å². The van der Waals surface area contributed by atoms with Gasteiger partial charge in [-0.15, -0.1) is 0 Å². The van der Waals surface area contributed by atoms with E-state index in [9.17, 15) is 4.39 Å². The SMILES string of the molecule is CCCNCc1ccc(F)c(CN2CCOCC2C)c1. The van der Waals surface area contributed by atoms with Gasteiger partial charge in [0.2, 0.25) is 0 Å². The van der Waals surface area contributed by atoms with Crippen LogP contribution >= 0.6 is 0 Å². The van der Waals surface area contributed by atoms with Gasteiger partial charge in [-0.25, -0.2) is 4.39 Å². The lowest BCUT2D eigenvalue weighted by atomic mass is 10.1. The molecule has 0 spiro atoms. The molecule has 1 fully saturated rings. The number of hydrogen-bond acceptors (Lipinski definition) is 3. The Kier molecular flexibility index (Phi) is 5.95. The molecule has 20 heavy (non-hydrogen) atoms. The summed E-state index contributed by atoms with van der Waals surface area (Å²) in [5.74, 6) is -0.108. The number of benzene rings is 1. The minimum atomic E-state index is -0.108. The van der Waals surface area contributed by atoms with Gasteiger partial charge in [-0.1, -0.05) is 19.1 Å². The fourth-order valence-electron chi connectivity index (χ4n) is 2.48. The quantitative estimate of drug-likeness (QED) is 0.811. The first kappa shape index (κ1) is 15.4. The van der Waals surface area contributed by atoms with Gasteiger partial charge in [-0.3, -0.25) is 4.90 Å². The van der Waals surface area contributed by atoms with Crippen molar-refractivity contribution in [2.45, 2.75) is 39.4 Å². The van der Waals surface area contributed by atoms with Crippen LogP contribution in [0.3, 0.4) is 0 Å². The van der Waals surface area contributed by atoms with Gasteiger partial charge < -0.3 is 10.1 Å². The second-order valence-electron chi connectivity index (χ2n) is 5.50. The van der Waals surface area contributed by atoms with E-state index in [4.69, 9.17) is 4.74 Å². The Morgan fingerprint density at radius 2 is 2.30 bits per heavy atom. The summed E-state index contributed by atoms with van der Waals surface area (Å²) in [5.41, 5.74) is 1.94. The Morgan fingerprint density at radius 1 is 1.45 bits per heavy atom. The molecule has 0 aliphatic carbocycles. The maximum atomic E-state index is 14.0. The van der Waals surface area contributed by atoms with E-state index in [1.54, 1.807) is 6.07 Å². The van der Waals surface area contributed by atoms with Gasteiger partial charge >= 0.3 is 0 Å². The fraction of sp³-hybridized carbons (Fsp3) is 0.625. The molecule has 0 radical (unpaired) electrons. The first-order chi connectivity index (χ1) is 9.70. The molecule has 1 aliphatic rings. The van der Waals surface area contributed by atoms with Gasteiger partial charge in [0.05, 0.1) is 13.2 Å². The van der Waals surface area contributed by atoms with E-state index in [-0.39, 0.29) is 5.82 Å². The van der Waals surface area contributed by atoms with Crippen LogP contribution in [0.5, 0.6) is 0 Å². The molecule has 1 saturated heterocycles. The van der Waals surface area contributed by atoms with Crippen molar-refractivity contribution in [3.8, 4) is 0 Å². The predicted octanol–water partition coefficient (Wildman–Crippen LogP) is 2.55. The van der Waals surface area contributed by atoms with E-state index < -0.39 is 0 Å². The Morgan fingerprint density at radius 3 is 3.05 bits per heavy atom. The molecule has 1 aromatic carbocycles. The maximum Gasteiger partial charge on any atom is 0.127 e. The molecular formula is C16H25FN2O. The maximum absolute atomic E-state index is 14.0. The summed E-state index contributed by atoms with van der Waals surface area (Å²) in [6.45, 7) is 9.08. The highest BCUT2D eigenvalue weighted by molar-refractivity contribution is 5.25. The molecule has 1 aliphatic heterocycles. The van der Waals surface area contributed by atoms with Crippen LogP contribution in [0.4, 0.5) is 4.39 Å². The first-order valence-electron chi connectivity index (χ1n) is 7.50. The van der Waals surface area contributed by atoms with Crippen molar-refractivity contribution in [2.24, 2.45) is 0 Å². The standard InChI is InChI=1S/C16H25FN2O/c1-3-6-18-10-14-4-5-16(17)15(9-14)11-19-7-8-20-12-13(19)2/h4-5,9,13,18H,3,6-8,10-12H2,1-2H3. The second-order valence-corrected chi connectivity index (χ2v) is 5.50. The summed E-state index contributed by atoms with van der Waals surface area (Å²) in [5, 5.41) is 3.35. The number of morpholine rings is 1. The third-order valence-electron chi connectivity index (χ3n) is 3.74. The Balaban J connectivity index is 2.00. The van der Waals surface area contributed by atoms with Crippen LogP contribution in [0.1, 0.15) is 31.4 Å². The van der Waals surface area contributed by atoms with Crippen molar-refractivity contribution in [3.05, 3.63) is 35.1 Å². The minimum Gasteiger partial charge on any atom is -0.379 e. The van der Waals surface area contributed by atoms with Gasteiger partial charge in [0.15, 0.2) is 0 Å². The summed E-state index contributed by atoms with van der Waals surface area (Å²) < 4.78 is 19.4.